The smallest absolute Gasteiger partial charge is 0.231 e. The predicted molar refractivity (Wildman–Crippen MR) is 101 cm³/mol. The SMILES string of the molecule is C[C@H]1CN(c2cc(-c3cccc(Cl)c3Cl)c3ncnc(N)c3c2)C1=O. The first-order valence-corrected chi connectivity index (χ1v) is 8.53. The molecule has 126 valence electrons. The van der Waals surface area contributed by atoms with E-state index in [1.54, 1.807) is 11.0 Å². The van der Waals surface area contributed by atoms with Crippen LogP contribution in [0.2, 0.25) is 10.0 Å². The van der Waals surface area contributed by atoms with E-state index in [4.69, 9.17) is 28.9 Å². The zero-order valence-electron chi connectivity index (χ0n) is 13.3. The number of nitrogens with zero attached hydrogens (tertiary/aromatic N) is 3. The van der Waals surface area contributed by atoms with Crippen molar-refractivity contribution < 1.29 is 4.79 Å². The molecule has 2 N–H and O–H groups in total. The molecule has 3 aromatic rings. The topological polar surface area (TPSA) is 72.1 Å². The Morgan fingerprint density at radius 1 is 1.20 bits per heavy atom. The molecule has 1 aliphatic heterocycles. The van der Waals surface area contributed by atoms with Crippen molar-refractivity contribution in [2.24, 2.45) is 5.92 Å². The summed E-state index contributed by atoms with van der Waals surface area (Å²) in [7, 11) is 0. The van der Waals surface area contributed by atoms with E-state index >= 15 is 0 Å². The summed E-state index contributed by atoms with van der Waals surface area (Å²) in [5, 5.41) is 1.56. The Morgan fingerprint density at radius 2 is 2.00 bits per heavy atom. The van der Waals surface area contributed by atoms with E-state index < -0.39 is 0 Å². The van der Waals surface area contributed by atoms with Gasteiger partial charge in [0.15, 0.2) is 0 Å². The van der Waals surface area contributed by atoms with Crippen molar-refractivity contribution in [2.45, 2.75) is 6.92 Å². The predicted octanol–water partition coefficient (Wildman–Crippen LogP) is 4.17. The van der Waals surface area contributed by atoms with Crippen LogP contribution < -0.4 is 10.6 Å². The van der Waals surface area contributed by atoms with Crippen LogP contribution in [0.3, 0.4) is 0 Å². The summed E-state index contributed by atoms with van der Waals surface area (Å²) in [5.41, 5.74) is 8.97. The second kappa shape index (κ2) is 5.86. The van der Waals surface area contributed by atoms with Gasteiger partial charge in [0, 0.05) is 28.7 Å². The van der Waals surface area contributed by atoms with Gasteiger partial charge in [0.05, 0.1) is 21.5 Å². The normalized spacial score (nSPS) is 17.0. The first-order chi connectivity index (χ1) is 12.0. The van der Waals surface area contributed by atoms with Crippen molar-refractivity contribution in [2.75, 3.05) is 17.2 Å². The molecular formula is C18H14Cl2N4O. The van der Waals surface area contributed by atoms with Gasteiger partial charge in [0.1, 0.15) is 12.1 Å². The van der Waals surface area contributed by atoms with Crippen molar-refractivity contribution in [3.63, 3.8) is 0 Å². The lowest BCUT2D eigenvalue weighted by atomic mass is 9.96. The van der Waals surface area contributed by atoms with Crippen molar-refractivity contribution in [3.05, 3.63) is 46.7 Å². The van der Waals surface area contributed by atoms with E-state index in [1.165, 1.54) is 6.33 Å². The molecule has 7 heteroatoms. The summed E-state index contributed by atoms with van der Waals surface area (Å²) in [4.78, 5) is 22.3. The van der Waals surface area contributed by atoms with Gasteiger partial charge in [-0.05, 0) is 18.2 Å². The van der Waals surface area contributed by atoms with Crippen LogP contribution in [0.5, 0.6) is 0 Å². The van der Waals surface area contributed by atoms with Gasteiger partial charge in [-0.1, -0.05) is 42.3 Å². The van der Waals surface area contributed by atoms with Gasteiger partial charge in [-0.25, -0.2) is 9.97 Å². The number of anilines is 2. The van der Waals surface area contributed by atoms with Gasteiger partial charge in [-0.15, -0.1) is 0 Å². The number of aromatic nitrogens is 2. The Morgan fingerprint density at radius 3 is 2.72 bits per heavy atom. The van der Waals surface area contributed by atoms with Crippen LogP contribution in [0.25, 0.3) is 22.0 Å². The highest BCUT2D eigenvalue weighted by Gasteiger charge is 2.34. The Balaban J connectivity index is 2.01. The summed E-state index contributed by atoms with van der Waals surface area (Å²) in [6, 6.07) is 9.16. The highest BCUT2D eigenvalue weighted by Crippen LogP contribution is 2.40. The molecule has 1 amide bonds. The number of halogens is 2. The summed E-state index contributed by atoms with van der Waals surface area (Å²) in [6.07, 6.45) is 1.41. The fraction of sp³-hybridized carbons (Fsp3) is 0.167. The monoisotopic (exact) mass is 372 g/mol. The first kappa shape index (κ1) is 16.1. The van der Waals surface area contributed by atoms with Crippen molar-refractivity contribution in [1.29, 1.82) is 0 Å². The summed E-state index contributed by atoms with van der Waals surface area (Å²) in [6.45, 7) is 2.58. The average Bonchev–Trinajstić information content (AvgIpc) is 2.61. The van der Waals surface area contributed by atoms with Gasteiger partial charge in [0.2, 0.25) is 5.91 Å². The van der Waals surface area contributed by atoms with Crippen molar-refractivity contribution in [1.82, 2.24) is 9.97 Å². The van der Waals surface area contributed by atoms with Gasteiger partial charge < -0.3 is 10.6 Å². The summed E-state index contributed by atoms with van der Waals surface area (Å²) in [5.74, 6) is 0.462. The maximum absolute atomic E-state index is 12.2. The molecule has 1 saturated heterocycles. The molecule has 1 aliphatic rings. The molecule has 2 aromatic carbocycles. The number of hydrogen-bond donors (Lipinski definition) is 1. The fourth-order valence-electron chi connectivity index (χ4n) is 3.07. The second-order valence-electron chi connectivity index (χ2n) is 6.10. The number of carbonyl (C=O) groups excluding carboxylic acids is 1. The van der Waals surface area contributed by atoms with Gasteiger partial charge in [0.25, 0.3) is 0 Å². The van der Waals surface area contributed by atoms with E-state index in [1.807, 2.05) is 31.2 Å². The third-order valence-electron chi connectivity index (χ3n) is 4.45. The molecule has 0 aliphatic carbocycles. The molecule has 0 bridgehead atoms. The van der Waals surface area contributed by atoms with Gasteiger partial charge >= 0.3 is 0 Å². The van der Waals surface area contributed by atoms with E-state index in [0.29, 0.717) is 33.3 Å². The van der Waals surface area contributed by atoms with Crippen molar-refractivity contribution >= 4 is 51.5 Å². The number of nitrogens with two attached hydrogens (primary N) is 1. The van der Waals surface area contributed by atoms with Crippen LogP contribution in [0.1, 0.15) is 6.92 Å². The van der Waals surface area contributed by atoms with Crippen molar-refractivity contribution in [3.8, 4) is 11.1 Å². The molecule has 0 spiro atoms. The minimum atomic E-state index is 0.0262. The minimum Gasteiger partial charge on any atom is -0.383 e. The Hall–Kier alpha value is -2.37. The third kappa shape index (κ3) is 2.51. The first-order valence-electron chi connectivity index (χ1n) is 7.77. The maximum Gasteiger partial charge on any atom is 0.231 e. The number of rotatable bonds is 2. The molecule has 1 atom stereocenters. The zero-order chi connectivity index (χ0) is 17.7. The molecule has 2 heterocycles. The molecule has 0 saturated carbocycles. The number of carbonyl (C=O) groups is 1. The fourth-order valence-corrected chi connectivity index (χ4v) is 3.48. The van der Waals surface area contributed by atoms with E-state index in [-0.39, 0.29) is 11.8 Å². The van der Waals surface area contributed by atoms with Crippen LogP contribution in [0.4, 0.5) is 11.5 Å². The van der Waals surface area contributed by atoms with Gasteiger partial charge in [-0.2, -0.15) is 0 Å². The Bertz CT molecular complexity index is 1020. The molecule has 1 aromatic heterocycles. The van der Waals surface area contributed by atoms with E-state index in [0.717, 1.165) is 16.8 Å². The van der Waals surface area contributed by atoms with Crippen LogP contribution >= 0.6 is 23.2 Å². The van der Waals surface area contributed by atoms with E-state index in [9.17, 15) is 4.79 Å². The highest BCUT2D eigenvalue weighted by atomic mass is 35.5. The summed E-state index contributed by atoms with van der Waals surface area (Å²) >= 11 is 12.6. The lowest BCUT2D eigenvalue weighted by Gasteiger charge is -2.36. The lowest BCUT2D eigenvalue weighted by Crippen LogP contribution is -2.51. The Labute approximate surface area is 154 Å². The molecule has 0 radical (unpaired) electrons. The number of nitrogen functional groups attached to an aromatic ring is 1. The third-order valence-corrected chi connectivity index (χ3v) is 5.27. The largest absolute Gasteiger partial charge is 0.383 e. The standard InChI is InChI=1S/C18H14Cl2N4O/c1-9-7-24(18(9)25)10-5-12(11-3-2-4-14(19)15(11)20)16-13(6-10)17(21)23-8-22-16/h2-6,8-9H,7H2,1H3,(H2,21,22,23)/t9-/m0/s1. The molecule has 0 unspecified atom stereocenters. The number of β-lactam (4-membered cyclic amide) rings is 1. The number of amides is 1. The van der Waals surface area contributed by atoms with Crippen LogP contribution in [-0.4, -0.2) is 22.4 Å². The molecule has 25 heavy (non-hydrogen) atoms. The molecule has 1 fully saturated rings. The molecule has 5 nitrogen and oxygen atoms in total. The molecular weight excluding hydrogens is 359 g/mol. The zero-order valence-corrected chi connectivity index (χ0v) is 14.8. The summed E-state index contributed by atoms with van der Waals surface area (Å²) < 4.78 is 0. The highest BCUT2D eigenvalue weighted by molar-refractivity contribution is 6.44. The average molecular weight is 373 g/mol. The van der Waals surface area contributed by atoms with Crippen LogP contribution in [0, 0.1) is 5.92 Å². The van der Waals surface area contributed by atoms with E-state index in [2.05, 4.69) is 9.97 Å². The number of hydrogen-bond acceptors (Lipinski definition) is 4. The van der Waals surface area contributed by atoms with Crippen LogP contribution in [0.15, 0.2) is 36.7 Å². The lowest BCUT2D eigenvalue weighted by molar-refractivity contribution is -0.126. The Kier molecular flexibility index (Phi) is 3.78. The van der Waals surface area contributed by atoms with Gasteiger partial charge in [-0.3, -0.25) is 4.79 Å². The minimum absolute atomic E-state index is 0.0262. The second-order valence-corrected chi connectivity index (χ2v) is 6.88. The maximum atomic E-state index is 12.2. The quantitative estimate of drug-likeness (QED) is 0.685. The molecule has 4 rings (SSSR count). The van der Waals surface area contributed by atoms with Crippen LogP contribution in [-0.2, 0) is 4.79 Å². The number of fused-ring (bicyclic) bond motifs is 1. The number of benzene rings is 2.